The number of aryl methyl sites for hydroxylation is 2. The van der Waals surface area contributed by atoms with E-state index in [0.29, 0.717) is 11.8 Å². The van der Waals surface area contributed by atoms with Crippen LogP contribution in [-0.2, 0) is 0 Å². The lowest BCUT2D eigenvalue weighted by molar-refractivity contribution is 0.355. The molecule has 0 aromatic carbocycles. The highest BCUT2D eigenvalue weighted by Gasteiger charge is 2.20. The fourth-order valence-electron chi connectivity index (χ4n) is 1.64. The molecule has 80 valence electrons. The lowest BCUT2D eigenvalue weighted by atomic mass is 9.89. The minimum absolute atomic E-state index is 0.202. The Hall–Kier alpha value is -0.340. The molecule has 2 N–H and O–H groups in total. The Bertz CT molecular complexity index is 301. The molecule has 0 saturated carbocycles. The van der Waals surface area contributed by atoms with Gasteiger partial charge in [0.1, 0.15) is 0 Å². The molecule has 0 amide bonds. The van der Waals surface area contributed by atoms with Crippen LogP contribution in [-0.4, -0.2) is 0 Å². The smallest absolute Gasteiger partial charge is 0.0420 e. The normalized spacial score (nSPS) is 15.9. The van der Waals surface area contributed by atoms with Gasteiger partial charge in [0.2, 0.25) is 0 Å². The lowest BCUT2D eigenvalue weighted by Crippen LogP contribution is -2.22. The number of thiophene rings is 1. The minimum Gasteiger partial charge on any atom is -0.323 e. The molecular weight excluding hydrogens is 190 g/mol. The van der Waals surface area contributed by atoms with Crippen LogP contribution in [0.2, 0.25) is 0 Å². The summed E-state index contributed by atoms with van der Waals surface area (Å²) < 4.78 is 0. The number of hydrogen-bond donors (Lipinski definition) is 1. The molecule has 2 atom stereocenters. The highest BCUT2D eigenvalue weighted by molar-refractivity contribution is 7.12. The maximum absolute atomic E-state index is 6.26. The van der Waals surface area contributed by atoms with Gasteiger partial charge >= 0.3 is 0 Å². The summed E-state index contributed by atoms with van der Waals surface area (Å²) >= 11 is 1.84. The summed E-state index contributed by atoms with van der Waals surface area (Å²) in [6.07, 6.45) is 0. The van der Waals surface area contributed by atoms with Crippen LogP contribution in [0.1, 0.15) is 42.1 Å². The van der Waals surface area contributed by atoms with Gasteiger partial charge in [0, 0.05) is 15.8 Å². The van der Waals surface area contributed by atoms with E-state index in [-0.39, 0.29) is 6.04 Å². The Morgan fingerprint density at radius 1 is 1.21 bits per heavy atom. The fourth-order valence-corrected chi connectivity index (χ4v) is 2.80. The van der Waals surface area contributed by atoms with Gasteiger partial charge in [0.05, 0.1) is 0 Å². The van der Waals surface area contributed by atoms with Crippen LogP contribution >= 0.6 is 11.3 Å². The molecule has 2 unspecified atom stereocenters. The second-order valence-corrected chi connectivity index (χ2v) is 5.82. The molecule has 1 nitrogen and oxygen atoms in total. The van der Waals surface area contributed by atoms with E-state index < -0.39 is 0 Å². The molecule has 0 saturated heterocycles. The van der Waals surface area contributed by atoms with Crippen LogP contribution in [0.4, 0.5) is 0 Å². The maximum atomic E-state index is 6.26. The molecule has 0 bridgehead atoms. The third kappa shape index (κ3) is 2.37. The van der Waals surface area contributed by atoms with Crippen molar-refractivity contribution in [2.45, 2.75) is 40.7 Å². The van der Waals surface area contributed by atoms with Crippen molar-refractivity contribution < 1.29 is 0 Å². The molecule has 1 rings (SSSR count). The molecule has 0 aliphatic carbocycles. The first-order valence-corrected chi connectivity index (χ1v) is 6.07. The molecule has 14 heavy (non-hydrogen) atoms. The summed E-state index contributed by atoms with van der Waals surface area (Å²) in [5, 5.41) is 0. The van der Waals surface area contributed by atoms with Crippen LogP contribution in [0.15, 0.2) is 6.07 Å². The first kappa shape index (κ1) is 11.7. The summed E-state index contributed by atoms with van der Waals surface area (Å²) in [7, 11) is 0. The molecule has 1 heterocycles. The number of rotatable bonds is 3. The Kier molecular flexibility index (Phi) is 3.73. The summed E-state index contributed by atoms with van der Waals surface area (Å²) in [6.45, 7) is 11.0. The zero-order chi connectivity index (χ0) is 10.9. The Labute approximate surface area is 91.3 Å². The van der Waals surface area contributed by atoms with Crippen molar-refractivity contribution in [1.82, 2.24) is 0 Å². The summed E-state index contributed by atoms with van der Waals surface area (Å²) in [4.78, 5) is 2.73. The first-order chi connectivity index (χ1) is 6.43. The Morgan fingerprint density at radius 3 is 2.14 bits per heavy atom. The number of nitrogens with two attached hydrogens (primary N) is 1. The zero-order valence-electron chi connectivity index (χ0n) is 9.79. The van der Waals surface area contributed by atoms with E-state index >= 15 is 0 Å². The van der Waals surface area contributed by atoms with Crippen molar-refractivity contribution in [3.8, 4) is 0 Å². The average molecular weight is 211 g/mol. The van der Waals surface area contributed by atoms with Crippen LogP contribution < -0.4 is 5.73 Å². The molecule has 0 spiro atoms. The first-order valence-electron chi connectivity index (χ1n) is 5.26. The van der Waals surface area contributed by atoms with Crippen LogP contribution in [0, 0.1) is 25.7 Å². The van der Waals surface area contributed by atoms with E-state index in [2.05, 4.69) is 40.7 Å². The van der Waals surface area contributed by atoms with Gasteiger partial charge in [-0.2, -0.15) is 0 Å². The van der Waals surface area contributed by atoms with Crippen LogP contribution in [0.25, 0.3) is 0 Å². The van der Waals surface area contributed by atoms with Gasteiger partial charge in [0.15, 0.2) is 0 Å². The monoisotopic (exact) mass is 211 g/mol. The van der Waals surface area contributed by atoms with Crippen molar-refractivity contribution in [1.29, 1.82) is 0 Å². The fraction of sp³-hybridized carbons (Fsp3) is 0.667. The van der Waals surface area contributed by atoms with Gasteiger partial charge in [-0.1, -0.05) is 20.8 Å². The van der Waals surface area contributed by atoms with E-state index in [1.54, 1.807) is 0 Å². The van der Waals surface area contributed by atoms with E-state index in [1.165, 1.54) is 15.3 Å². The standard InChI is InChI=1S/C12H21NS/c1-7(2)10(5)11(13)12-8(3)6-9(4)14-12/h6-7,10-11H,13H2,1-5H3. The predicted octanol–water partition coefficient (Wildman–Crippen LogP) is 3.66. The largest absolute Gasteiger partial charge is 0.323 e. The molecule has 0 radical (unpaired) electrons. The SMILES string of the molecule is Cc1cc(C)c(C(N)C(C)C(C)C)s1. The second-order valence-electron chi connectivity index (χ2n) is 4.53. The molecule has 2 heteroatoms. The van der Waals surface area contributed by atoms with Crippen LogP contribution in [0.5, 0.6) is 0 Å². The maximum Gasteiger partial charge on any atom is 0.0420 e. The molecule has 0 aliphatic rings. The second kappa shape index (κ2) is 4.45. The Morgan fingerprint density at radius 2 is 1.79 bits per heavy atom. The van der Waals surface area contributed by atoms with Crippen LogP contribution in [0.3, 0.4) is 0 Å². The van der Waals surface area contributed by atoms with Gasteiger partial charge in [-0.25, -0.2) is 0 Å². The van der Waals surface area contributed by atoms with Crippen molar-refractivity contribution >= 4 is 11.3 Å². The van der Waals surface area contributed by atoms with Gasteiger partial charge in [-0.05, 0) is 37.3 Å². The van der Waals surface area contributed by atoms with Crippen molar-refractivity contribution in [2.24, 2.45) is 17.6 Å². The molecule has 1 aromatic heterocycles. The van der Waals surface area contributed by atoms with Gasteiger partial charge in [0.25, 0.3) is 0 Å². The topological polar surface area (TPSA) is 26.0 Å². The predicted molar refractivity (Wildman–Crippen MR) is 64.7 cm³/mol. The highest BCUT2D eigenvalue weighted by Crippen LogP contribution is 2.32. The van der Waals surface area contributed by atoms with Crippen molar-refractivity contribution in [3.05, 3.63) is 21.4 Å². The quantitative estimate of drug-likeness (QED) is 0.811. The molecular formula is C12H21NS. The third-order valence-corrected chi connectivity index (χ3v) is 4.25. The zero-order valence-corrected chi connectivity index (χ0v) is 10.6. The molecule has 0 aliphatic heterocycles. The van der Waals surface area contributed by atoms with Crippen molar-refractivity contribution in [3.63, 3.8) is 0 Å². The van der Waals surface area contributed by atoms with E-state index in [1.807, 2.05) is 11.3 Å². The minimum atomic E-state index is 0.202. The van der Waals surface area contributed by atoms with Gasteiger partial charge in [-0.3, -0.25) is 0 Å². The van der Waals surface area contributed by atoms with Gasteiger partial charge in [-0.15, -0.1) is 11.3 Å². The van der Waals surface area contributed by atoms with E-state index in [0.717, 1.165) is 0 Å². The van der Waals surface area contributed by atoms with E-state index in [9.17, 15) is 0 Å². The van der Waals surface area contributed by atoms with E-state index in [4.69, 9.17) is 5.73 Å². The van der Waals surface area contributed by atoms with Crippen molar-refractivity contribution in [2.75, 3.05) is 0 Å². The lowest BCUT2D eigenvalue weighted by Gasteiger charge is -2.23. The molecule has 0 fully saturated rings. The average Bonchev–Trinajstić information content (AvgIpc) is 2.42. The highest BCUT2D eigenvalue weighted by atomic mass is 32.1. The summed E-state index contributed by atoms with van der Waals surface area (Å²) in [5.74, 6) is 1.19. The summed E-state index contributed by atoms with van der Waals surface area (Å²) in [5.41, 5.74) is 7.62. The Balaban J connectivity index is 2.88. The molecule has 1 aromatic rings. The number of hydrogen-bond acceptors (Lipinski definition) is 2. The third-order valence-electron chi connectivity index (χ3n) is 3.00. The van der Waals surface area contributed by atoms with Gasteiger partial charge < -0.3 is 5.73 Å². The summed E-state index contributed by atoms with van der Waals surface area (Å²) in [6, 6.07) is 2.43.